The van der Waals surface area contributed by atoms with Gasteiger partial charge in [-0.3, -0.25) is 9.59 Å². The highest BCUT2D eigenvalue weighted by atomic mass is 32.2. The highest BCUT2D eigenvalue weighted by Gasteiger charge is 2.30. The maximum absolute atomic E-state index is 14.7. The number of nitrogens with zero attached hydrogens (tertiary/aromatic N) is 4. The lowest BCUT2D eigenvalue weighted by molar-refractivity contribution is -0.137. The largest absolute Gasteiger partial charge is 0.416 e. The van der Waals surface area contributed by atoms with Crippen molar-refractivity contribution >= 4 is 17.7 Å². The molecule has 1 atom stereocenters. The minimum absolute atomic E-state index is 0.0681. The number of carbonyl (C=O) groups excluding carboxylic acids is 1. The first kappa shape index (κ1) is 19.3. The van der Waals surface area contributed by atoms with Gasteiger partial charge in [-0.15, -0.1) is 0 Å². The first-order valence-corrected chi connectivity index (χ1v) is 15.4. The molecule has 0 saturated carbocycles. The molecule has 1 heterocycles. The summed E-state index contributed by atoms with van der Waals surface area (Å²) in [6, 6.07) is -4.78. The maximum atomic E-state index is 14.7. The summed E-state index contributed by atoms with van der Waals surface area (Å²) in [5.41, 5.74) is -6.84. The molecule has 6 nitrogen and oxygen atoms in total. The normalized spacial score (nSPS) is 23.7. The Kier molecular flexibility index (Phi) is 6.23. The molecule has 4 aromatic rings. The van der Waals surface area contributed by atoms with E-state index in [1.807, 2.05) is 0 Å². The Morgan fingerprint density at radius 2 is 1.65 bits per heavy atom. The lowest BCUT2D eigenvalue weighted by Crippen LogP contribution is -2.40. The molecule has 5 rings (SSSR count). The van der Waals surface area contributed by atoms with Crippen LogP contribution < -0.4 is 5.56 Å². The fourth-order valence-electron chi connectivity index (χ4n) is 4.56. The van der Waals surface area contributed by atoms with Crippen LogP contribution in [0.5, 0.6) is 0 Å². The molecule has 1 aromatic heterocycles. The average Bonchev–Trinajstić information content (AvgIpc) is 3.28. The van der Waals surface area contributed by atoms with Crippen molar-refractivity contribution in [3.05, 3.63) is 117 Å². The van der Waals surface area contributed by atoms with Crippen LogP contribution in [0.3, 0.4) is 0 Å². The number of alkyl halides is 3. The Labute approximate surface area is 306 Å². The molecule has 1 unspecified atom stereocenters. The van der Waals surface area contributed by atoms with Crippen LogP contribution >= 0.6 is 11.8 Å². The van der Waals surface area contributed by atoms with Crippen LogP contribution in [0.25, 0.3) is 11.1 Å². The summed E-state index contributed by atoms with van der Waals surface area (Å²) in [6.07, 6.45) is -11.4. The zero-order chi connectivity index (χ0) is 49.5. The molecule has 0 spiro atoms. The molecular weight excluding hydrogens is 640 g/mol. The highest BCUT2D eigenvalue weighted by Crippen LogP contribution is 2.32. The van der Waals surface area contributed by atoms with Gasteiger partial charge < -0.3 is 14.4 Å². The van der Waals surface area contributed by atoms with E-state index in [0.29, 0.717) is 10.5 Å². The summed E-state index contributed by atoms with van der Waals surface area (Å²) in [7, 11) is 0. The van der Waals surface area contributed by atoms with Crippen LogP contribution in [0.2, 0.25) is 0 Å². The average molecular weight is 698 g/mol. The summed E-state index contributed by atoms with van der Waals surface area (Å²) >= 11 is 0.756. The Bertz CT molecular complexity index is 2550. The van der Waals surface area contributed by atoms with Gasteiger partial charge in [-0.05, 0) is 78.1 Å². The second kappa shape index (κ2) is 15.5. The van der Waals surface area contributed by atoms with Crippen molar-refractivity contribution in [2.45, 2.75) is 63.7 Å². The molecule has 1 aliphatic carbocycles. The molecule has 1 amide bonds. The highest BCUT2D eigenvalue weighted by molar-refractivity contribution is 7.98. The van der Waals surface area contributed by atoms with Crippen molar-refractivity contribution in [1.82, 2.24) is 19.4 Å². The second-order valence-corrected chi connectivity index (χ2v) is 11.3. The number of halogens is 4. The van der Waals surface area contributed by atoms with Gasteiger partial charge in [0.2, 0.25) is 5.91 Å². The van der Waals surface area contributed by atoms with Crippen molar-refractivity contribution in [1.29, 1.82) is 0 Å². The van der Waals surface area contributed by atoms with Crippen LogP contribution in [0.4, 0.5) is 17.6 Å². The molecule has 0 bridgehead atoms. The number of thioether (sulfide) groups is 1. The smallest absolute Gasteiger partial charge is 0.336 e. The fraction of sp³-hybridized carbons (Fsp3) is 0.378. The third-order valence-electron chi connectivity index (χ3n) is 7.01. The Morgan fingerprint density at radius 3 is 2.25 bits per heavy atom. The summed E-state index contributed by atoms with van der Waals surface area (Å²) in [5, 5.41) is -0.370. The molecule has 48 heavy (non-hydrogen) atoms. The van der Waals surface area contributed by atoms with Crippen molar-refractivity contribution in [2.24, 2.45) is 5.89 Å². The topological polar surface area (TPSA) is 58.4 Å². The number of rotatable bonds is 13. The SMILES string of the molecule is [2H]c1c([2H])c(-c2c([2H])c([2H])c(C(F)(F)F)c([2H])c2[2H])c([2H])c([2H])c1CN(CCN(C([2H])([2H])C)C([2H])([2H])C)C(=O)Cn1c(SCc2ccc(F)cc2)nc(=O)c2c1C([2H])([2H])C([2H])(C)C2([2H])[2H]. The predicted octanol–water partition coefficient (Wildman–Crippen LogP) is 7.47. The molecule has 0 fully saturated rings. The fourth-order valence-corrected chi connectivity index (χ4v) is 5.50. The van der Waals surface area contributed by atoms with E-state index < -0.39 is 163 Å². The number of hydrogen-bond acceptors (Lipinski definition) is 5. The van der Waals surface area contributed by atoms with Crippen LogP contribution in [0.15, 0.2) is 82.6 Å². The van der Waals surface area contributed by atoms with E-state index in [-0.39, 0.29) is 10.9 Å². The summed E-state index contributed by atoms with van der Waals surface area (Å²) < 4.78 is 201. The lowest BCUT2D eigenvalue weighted by atomic mass is 10.0. The van der Waals surface area contributed by atoms with Crippen molar-refractivity contribution < 1.29 is 45.7 Å². The van der Waals surface area contributed by atoms with E-state index >= 15 is 0 Å². The first-order valence-electron chi connectivity index (χ1n) is 22.9. The Hall–Kier alpha value is -3.96. The van der Waals surface area contributed by atoms with Gasteiger partial charge in [-0.2, -0.15) is 18.2 Å². The van der Waals surface area contributed by atoms with Gasteiger partial charge in [0.1, 0.15) is 12.4 Å². The number of likely N-dealkylation sites (N-methyl/N-ethyl adjacent to an activating group) is 1. The van der Waals surface area contributed by atoms with Crippen LogP contribution in [0, 0.1) is 11.7 Å². The zero-order valence-electron chi connectivity index (χ0n) is 42.9. The van der Waals surface area contributed by atoms with E-state index in [2.05, 4.69) is 4.98 Å². The van der Waals surface area contributed by atoms with Gasteiger partial charge in [-0.1, -0.05) is 80.9 Å². The summed E-state index contributed by atoms with van der Waals surface area (Å²) in [6.45, 7) is -5.13. The molecule has 0 saturated heterocycles. The Balaban J connectivity index is 1.71. The predicted molar refractivity (Wildman–Crippen MR) is 181 cm³/mol. The quantitative estimate of drug-likeness (QED) is 0.0825. The van der Waals surface area contributed by atoms with E-state index in [1.54, 1.807) is 0 Å². The van der Waals surface area contributed by atoms with Gasteiger partial charge in [0.15, 0.2) is 5.16 Å². The molecule has 11 heteroatoms. The molecule has 1 aliphatic rings. The van der Waals surface area contributed by atoms with Crippen molar-refractivity contribution in [3.63, 3.8) is 0 Å². The van der Waals surface area contributed by atoms with E-state index in [9.17, 15) is 27.2 Å². The number of amides is 1. The van der Waals surface area contributed by atoms with Gasteiger partial charge >= 0.3 is 6.18 Å². The standard InChI is InChI=1S/C37H40F4N4O2S/c1-4-43(5-2)18-19-44(22-26-6-10-28(11-7-26)29-12-14-30(15-13-29)37(39,40)41)34(46)23-45-33-21-25(3)20-32(33)35(47)42-36(45)48-24-27-8-16-31(38)17-9-27/h6-17,25H,4-5,18-24H2,1-3H3/i4D2,5D2,6D,7D,10D,11D,12D,13D,14D,15D,20D2,21D2,25D. The third-order valence-corrected chi connectivity index (χ3v) is 8.06. The molecule has 0 N–H and O–H groups in total. The molecule has 0 aliphatic heterocycles. The van der Waals surface area contributed by atoms with Gasteiger partial charge in [0.05, 0.1) is 16.5 Å². The van der Waals surface area contributed by atoms with Gasteiger partial charge in [0, 0.05) is 49.0 Å². The zero-order valence-corrected chi connectivity index (χ0v) is 26.7. The molecule has 254 valence electrons. The maximum Gasteiger partial charge on any atom is 0.416 e. The number of carbonyl (C=O) groups is 1. The number of fused-ring (bicyclic) bond motifs is 1. The van der Waals surface area contributed by atoms with E-state index in [4.69, 9.17) is 23.3 Å². The number of hydrogen-bond donors (Lipinski definition) is 0. The second-order valence-electron chi connectivity index (χ2n) is 10.3. The monoisotopic (exact) mass is 697 g/mol. The molecular formula is C37H40F4N4O2S. The van der Waals surface area contributed by atoms with Crippen molar-refractivity contribution in [3.8, 4) is 11.1 Å². The van der Waals surface area contributed by atoms with E-state index in [1.165, 1.54) is 12.1 Å². The number of aromatic nitrogens is 2. The first-order chi connectivity index (χ1) is 29.5. The van der Waals surface area contributed by atoms with Crippen LogP contribution in [-0.2, 0) is 42.6 Å². The summed E-state index contributed by atoms with van der Waals surface area (Å²) in [5.74, 6) is -4.46. The minimum Gasteiger partial charge on any atom is -0.336 e. The van der Waals surface area contributed by atoms with E-state index in [0.717, 1.165) is 54.1 Å². The minimum atomic E-state index is -5.35. The van der Waals surface area contributed by atoms with Crippen molar-refractivity contribution in [2.75, 3.05) is 26.1 Å². The van der Waals surface area contributed by atoms with Crippen LogP contribution in [-0.4, -0.2) is 51.3 Å². The Morgan fingerprint density at radius 1 is 1.02 bits per heavy atom. The van der Waals surface area contributed by atoms with Gasteiger partial charge in [0.25, 0.3) is 5.56 Å². The summed E-state index contributed by atoms with van der Waals surface area (Å²) in [4.78, 5) is 33.8. The lowest BCUT2D eigenvalue weighted by Gasteiger charge is -2.28. The third kappa shape index (κ3) is 8.73. The molecule has 0 radical (unpaired) electrons. The van der Waals surface area contributed by atoms with Gasteiger partial charge in [-0.25, -0.2) is 4.39 Å². The van der Waals surface area contributed by atoms with Crippen LogP contribution in [0.1, 0.15) is 72.0 Å². The molecule has 3 aromatic carbocycles. The number of benzene rings is 3.